The quantitative estimate of drug-likeness (QED) is 0.643. The molecule has 3 aromatic carbocycles. The van der Waals surface area contributed by atoms with Crippen molar-refractivity contribution in [2.24, 2.45) is 0 Å². The van der Waals surface area contributed by atoms with Crippen LogP contribution in [0.2, 0.25) is 0 Å². The van der Waals surface area contributed by atoms with Crippen molar-refractivity contribution in [3.8, 4) is 5.75 Å². The van der Waals surface area contributed by atoms with E-state index >= 15 is 0 Å². The molecule has 0 radical (unpaired) electrons. The molecule has 29 heavy (non-hydrogen) atoms. The van der Waals surface area contributed by atoms with Gasteiger partial charge >= 0.3 is 0 Å². The van der Waals surface area contributed by atoms with Crippen LogP contribution in [-0.4, -0.2) is 25.0 Å². The van der Waals surface area contributed by atoms with E-state index in [1.54, 1.807) is 9.80 Å². The Morgan fingerprint density at radius 3 is 2.31 bits per heavy atom. The molecule has 0 N–H and O–H groups in total. The molecule has 0 aliphatic carbocycles. The largest absolute Gasteiger partial charge is 0.482 e. The number of carbonyl (C=O) groups excluding carboxylic acids is 2. The third-order valence-corrected chi connectivity index (χ3v) is 4.91. The van der Waals surface area contributed by atoms with Crippen molar-refractivity contribution in [2.75, 3.05) is 23.0 Å². The predicted molar refractivity (Wildman–Crippen MR) is 113 cm³/mol. The number of ether oxygens (including phenoxy) is 1. The van der Waals surface area contributed by atoms with Crippen LogP contribution < -0.4 is 14.5 Å². The van der Waals surface area contributed by atoms with E-state index in [2.05, 4.69) is 0 Å². The zero-order valence-electron chi connectivity index (χ0n) is 16.0. The fourth-order valence-electron chi connectivity index (χ4n) is 3.44. The molecule has 0 atom stereocenters. The van der Waals surface area contributed by atoms with Crippen LogP contribution in [0.15, 0.2) is 84.9 Å². The molecule has 1 aliphatic heterocycles. The Hall–Kier alpha value is -3.60. The van der Waals surface area contributed by atoms with Crippen molar-refractivity contribution in [2.45, 2.75) is 13.0 Å². The van der Waals surface area contributed by atoms with E-state index in [1.807, 2.05) is 84.9 Å². The fraction of sp³-hybridized carbons (Fsp3) is 0.167. The number of para-hydroxylation sites is 3. The number of rotatable bonds is 6. The summed E-state index contributed by atoms with van der Waals surface area (Å²) in [6.45, 7) is 0.797. The van der Waals surface area contributed by atoms with Gasteiger partial charge in [-0.1, -0.05) is 60.7 Å². The lowest BCUT2D eigenvalue weighted by Crippen LogP contribution is -2.41. The molecule has 5 heteroatoms. The monoisotopic (exact) mass is 386 g/mol. The molecule has 1 heterocycles. The second-order valence-corrected chi connectivity index (χ2v) is 6.85. The molecule has 0 fully saturated rings. The number of fused-ring (bicyclic) bond motifs is 1. The van der Waals surface area contributed by atoms with Crippen LogP contribution in [0.3, 0.4) is 0 Å². The molecule has 0 saturated carbocycles. The van der Waals surface area contributed by atoms with Gasteiger partial charge in [0.05, 0.1) is 12.2 Å². The minimum absolute atomic E-state index is 0.00236. The summed E-state index contributed by atoms with van der Waals surface area (Å²) in [6.07, 6.45) is 0.224. The number of amides is 2. The van der Waals surface area contributed by atoms with Gasteiger partial charge in [-0.15, -0.1) is 0 Å². The molecule has 0 spiro atoms. The van der Waals surface area contributed by atoms with E-state index in [0.29, 0.717) is 24.5 Å². The Morgan fingerprint density at radius 2 is 1.55 bits per heavy atom. The van der Waals surface area contributed by atoms with Gasteiger partial charge in [0.2, 0.25) is 5.91 Å². The highest BCUT2D eigenvalue weighted by Gasteiger charge is 2.26. The Kier molecular flexibility index (Phi) is 5.56. The SMILES string of the molecule is O=C(CCN1C(=O)COc2ccccc21)N(Cc1ccccc1)c1ccccc1. The summed E-state index contributed by atoms with van der Waals surface area (Å²) < 4.78 is 5.48. The van der Waals surface area contributed by atoms with Gasteiger partial charge in [-0.25, -0.2) is 0 Å². The predicted octanol–water partition coefficient (Wildman–Crippen LogP) is 4.04. The molecule has 0 bridgehead atoms. The third-order valence-electron chi connectivity index (χ3n) is 4.91. The minimum atomic E-state index is -0.133. The minimum Gasteiger partial charge on any atom is -0.482 e. The van der Waals surface area contributed by atoms with Crippen LogP contribution in [-0.2, 0) is 16.1 Å². The maximum absolute atomic E-state index is 13.2. The zero-order valence-corrected chi connectivity index (χ0v) is 16.0. The van der Waals surface area contributed by atoms with Gasteiger partial charge in [0.25, 0.3) is 5.91 Å². The Labute approximate surface area is 170 Å². The molecule has 3 aromatic rings. The van der Waals surface area contributed by atoms with Crippen molar-refractivity contribution < 1.29 is 14.3 Å². The third kappa shape index (κ3) is 4.29. The number of anilines is 2. The smallest absolute Gasteiger partial charge is 0.265 e. The highest BCUT2D eigenvalue weighted by atomic mass is 16.5. The van der Waals surface area contributed by atoms with Gasteiger partial charge < -0.3 is 14.5 Å². The molecule has 0 unspecified atom stereocenters. The summed E-state index contributed by atoms with van der Waals surface area (Å²) >= 11 is 0. The van der Waals surface area contributed by atoms with Crippen LogP contribution in [0.5, 0.6) is 5.75 Å². The summed E-state index contributed by atoms with van der Waals surface area (Å²) in [7, 11) is 0. The molecular weight excluding hydrogens is 364 g/mol. The Balaban J connectivity index is 1.52. The maximum atomic E-state index is 13.2. The van der Waals surface area contributed by atoms with Gasteiger partial charge in [-0.2, -0.15) is 0 Å². The Morgan fingerprint density at radius 1 is 0.897 bits per heavy atom. The van der Waals surface area contributed by atoms with Gasteiger partial charge in [-0.3, -0.25) is 9.59 Å². The van der Waals surface area contributed by atoms with Crippen molar-refractivity contribution in [1.29, 1.82) is 0 Å². The van der Waals surface area contributed by atoms with E-state index in [-0.39, 0.29) is 24.8 Å². The Bertz CT molecular complexity index is 989. The maximum Gasteiger partial charge on any atom is 0.265 e. The van der Waals surface area contributed by atoms with E-state index in [4.69, 9.17) is 4.74 Å². The average molecular weight is 386 g/mol. The molecule has 0 aromatic heterocycles. The zero-order chi connectivity index (χ0) is 20.1. The van der Waals surface area contributed by atoms with Crippen LogP contribution >= 0.6 is 0 Å². The molecule has 4 rings (SSSR count). The number of carbonyl (C=O) groups is 2. The van der Waals surface area contributed by atoms with Crippen molar-refractivity contribution in [1.82, 2.24) is 0 Å². The van der Waals surface area contributed by atoms with E-state index < -0.39 is 0 Å². The van der Waals surface area contributed by atoms with Crippen LogP contribution in [0.1, 0.15) is 12.0 Å². The number of hydrogen-bond donors (Lipinski definition) is 0. The van der Waals surface area contributed by atoms with Gasteiger partial charge in [0.1, 0.15) is 5.75 Å². The van der Waals surface area contributed by atoms with E-state index in [1.165, 1.54) is 0 Å². The fourth-order valence-corrected chi connectivity index (χ4v) is 3.44. The lowest BCUT2D eigenvalue weighted by Gasteiger charge is -2.30. The number of benzene rings is 3. The standard InChI is InChI=1S/C24H22N2O3/c27-23(15-16-25-21-13-7-8-14-22(21)29-18-24(25)28)26(20-11-5-2-6-12-20)17-19-9-3-1-4-10-19/h1-14H,15-18H2. The lowest BCUT2D eigenvalue weighted by molar-refractivity contribution is -0.121. The normalized spacial score (nSPS) is 12.8. The molecule has 146 valence electrons. The second-order valence-electron chi connectivity index (χ2n) is 6.85. The summed E-state index contributed by atoms with van der Waals surface area (Å²) in [5.74, 6) is 0.506. The first-order valence-electron chi connectivity index (χ1n) is 9.64. The van der Waals surface area contributed by atoms with Gasteiger partial charge in [0.15, 0.2) is 6.61 Å². The summed E-state index contributed by atoms with van der Waals surface area (Å²) in [5, 5.41) is 0. The highest BCUT2D eigenvalue weighted by Crippen LogP contribution is 2.31. The highest BCUT2D eigenvalue weighted by molar-refractivity contribution is 5.99. The summed E-state index contributed by atoms with van der Waals surface area (Å²) in [6, 6.07) is 26.9. The van der Waals surface area contributed by atoms with Crippen LogP contribution in [0, 0.1) is 0 Å². The van der Waals surface area contributed by atoms with Crippen molar-refractivity contribution >= 4 is 23.2 Å². The summed E-state index contributed by atoms with van der Waals surface area (Å²) in [5.41, 5.74) is 2.61. The second kappa shape index (κ2) is 8.61. The first-order valence-corrected chi connectivity index (χ1v) is 9.64. The topological polar surface area (TPSA) is 49.9 Å². The lowest BCUT2D eigenvalue weighted by atomic mass is 10.1. The average Bonchev–Trinajstić information content (AvgIpc) is 2.78. The molecular formula is C24H22N2O3. The number of hydrogen-bond acceptors (Lipinski definition) is 3. The number of nitrogens with zero attached hydrogens (tertiary/aromatic N) is 2. The molecule has 1 aliphatic rings. The van der Waals surface area contributed by atoms with E-state index in [9.17, 15) is 9.59 Å². The molecule has 0 saturated heterocycles. The molecule has 2 amide bonds. The van der Waals surface area contributed by atoms with E-state index in [0.717, 1.165) is 11.3 Å². The summed E-state index contributed by atoms with van der Waals surface area (Å²) in [4.78, 5) is 29.0. The first kappa shape index (κ1) is 18.7. The van der Waals surface area contributed by atoms with Gasteiger partial charge in [0, 0.05) is 18.7 Å². The molecule has 5 nitrogen and oxygen atoms in total. The van der Waals surface area contributed by atoms with Crippen molar-refractivity contribution in [3.05, 3.63) is 90.5 Å². The first-order chi connectivity index (χ1) is 14.2. The van der Waals surface area contributed by atoms with Crippen LogP contribution in [0.25, 0.3) is 0 Å². The van der Waals surface area contributed by atoms with Gasteiger partial charge in [-0.05, 0) is 29.8 Å². The van der Waals surface area contributed by atoms with Crippen LogP contribution in [0.4, 0.5) is 11.4 Å². The van der Waals surface area contributed by atoms with Crippen molar-refractivity contribution in [3.63, 3.8) is 0 Å².